The standard InChI is InChI=1S/C15H27F3N2O/c1-2-3-10-20(12-15(16,17)18)13(21)14(11-19)8-6-4-5-7-9-14/h2-12,19H2,1H3. The monoisotopic (exact) mass is 308 g/mol. The summed E-state index contributed by atoms with van der Waals surface area (Å²) in [6.07, 6.45) is 2.02. The van der Waals surface area contributed by atoms with Gasteiger partial charge < -0.3 is 10.6 Å². The second-order valence-corrected chi connectivity index (χ2v) is 6.09. The van der Waals surface area contributed by atoms with E-state index in [0.717, 1.165) is 37.0 Å². The lowest BCUT2D eigenvalue weighted by atomic mass is 9.79. The van der Waals surface area contributed by atoms with Crippen LogP contribution in [0.5, 0.6) is 0 Å². The number of alkyl halides is 3. The molecule has 0 spiro atoms. The molecule has 3 nitrogen and oxygen atoms in total. The smallest absolute Gasteiger partial charge is 0.333 e. The Balaban J connectivity index is 2.88. The SMILES string of the molecule is CCCCN(CC(F)(F)F)C(=O)C1(CN)CCCCCC1. The third-order valence-electron chi connectivity index (χ3n) is 4.34. The van der Waals surface area contributed by atoms with Gasteiger partial charge in [0.2, 0.25) is 5.91 Å². The molecule has 0 bridgehead atoms. The van der Waals surface area contributed by atoms with Crippen LogP contribution in [0.25, 0.3) is 0 Å². The number of amides is 1. The third-order valence-corrected chi connectivity index (χ3v) is 4.34. The lowest BCUT2D eigenvalue weighted by Gasteiger charge is -2.36. The minimum atomic E-state index is -4.36. The molecule has 0 unspecified atom stereocenters. The predicted octanol–water partition coefficient (Wildman–Crippen LogP) is 3.48. The maximum absolute atomic E-state index is 12.7. The van der Waals surface area contributed by atoms with Crippen LogP contribution in [0.3, 0.4) is 0 Å². The Morgan fingerprint density at radius 1 is 1.19 bits per heavy atom. The van der Waals surface area contributed by atoms with Crippen LogP contribution < -0.4 is 5.73 Å². The molecule has 2 N–H and O–H groups in total. The number of carbonyl (C=O) groups is 1. The van der Waals surface area contributed by atoms with Crippen LogP contribution in [0.15, 0.2) is 0 Å². The maximum Gasteiger partial charge on any atom is 0.406 e. The summed E-state index contributed by atoms with van der Waals surface area (Å²) < 4.78 is 38.2. The molecule has 0 aromatic heterocycles. The first-order valence-electron chi connectivity index (χ1n) is 7.91. The number of halogens is 3. The van der Waals surface area contributed by atoms with E-state index in [9.17, 15) is 18.0 Å². The Morgan fingerprint density at radius 3 is 2.19 bits per heavy atom. The van der Waals surface area contributed by atoms with E-state index in [2.05, 4.69) is 0 Å². The highest BCUT2D eigenvalue weighted by molar-refractivity contribution is 5.83. The average molecular weight is 308 g/mol. The molecule has 0 saturated heterocycles. The van der Waals surface area contributed by atoms with E-state index in [1.165, 1.54) is 0 Å². The van der Waals surface area contributed by atoms with Gasteiger partial charge in [0, 0.05) is 13.1 Å². The molecule has 1 aliphatic rings. The number of unbranched alkanes of at least 4 members (excludes halogenated alkanes) is 1. The van der Waals surface area contributed by atoms with Crippen molar-refractivity contribution < 1.29 is 18.0 Å². The van der Waals surface area contributed by atoms with Gasteiger partial charge in [-0.3, -0.25) is 4.79 Å². The highest BCUT2D eigenvalue weighted by atomic mass is 19.4. The zero-order chi connectivity index (χ0) is 15.9. The molecule has 0 radical (unpaired) electrons. The lowest BCUT2D eigenvalue weighted by Crippen LogP contribution is -2.50. The average Bonchev–Trinajstić information content (AvgIpc) is 2.67. The predicted molar refractivity (Wildman–Crippen MR) is 76.7 cm³/mol. The Bertz CT molecular complexity index is 323. The molecule has 0 aliphatic heterocycles. The molecular weight excluding hydrogens is 281 g/mol. The molecule has 21 heavy (non-hydrogen) atoms. The van der Waals surface area contributed by atoms with Crippen molar-refractivity contribution in [2.24, 2.45) is 11.1 Å². The molecule has 0 heterocycles. The van der Waals surface area contributed by atoms with Gasteiger partial charge in [0.15, 0.2) is 0 Å². The minimum Gasteiger partial charge on any atom is -0.333 e. The number of rotatable bonds is 6. The van der Waals surface area contributed by atoms with E-state index in [0.29, 0.717) is 19.3 Å². The summed E-state index contributed by atoms with van der Waals surface area (Å²) in [4.78, 5) is 13.7. The first-order valence-corrected chi connectivity index (χ1v) is 7.91. The van der Waals surface area contributed by atoms with Gasteiger partial charge >= 0.3 is 6.18 Å². The van der Waals surface area contributed by atoms with Crippen LogP contribution in [0.1, 0.15) is 58.3 Å². The van der Waals surface area contributed by atoms with Gasteiger partial charge in [0.05, 0.1) is 5.41 Å². The second-order valence-electron chi connectivity index (χ2n) is 6.09. The Morgan fingerprint density at radius 2 is 1.76 bits per heavy atom. The highest BCUT2D eigenvalue weighted by Gasteiger charge is 2.43. The quantitative estimate of drug-likeness (QED) is 0.764. The lowest BCUT2D eigenvalue weighted by molar-refractivity contribution is -0.168. The van der Waals surface area contributed by atoms with Crippen LogP contribution in [-0.2, 0) is 4.79 Å². The fraction of sp³-hybridized carbons (Fsp3) is 0.933. The molecule has 1 saturated carbocycles. The van der Waals surface area contributed by atoms with Crippen LogP contribution in [0.4, 0.5) is 13.2 Å². The summed E-state index contributed by atoms with van der Waals surface area (Å²) in [6.45, 7) is 1.05. The molecule has 1 fully saturated rings. The van der Waals surface area contributed by atoms with Crippen molar-refractivity contribution >= 4 is 5.91 Å². The van der Waals surface area contributed by atoms with Gasteiger partial charge in [-0.05, 0) is 19.3 Å². The Hall–Kier alpha value is -0.780. The van der Waals surface area contributed by atoms with Crippen LogP contribution in [0.2, 0.25) is 0 Å². The second kappa shape index (κ2) is 8.01. The summed E-state index contributed by atoms with van der Waals surface area (Å²) in [6, 6.07) is 0. The number of carbonyl (C=O) groups excluding carboxylic acids is 1. The zero-order valence-corrected chi connectivity index (χ0v) is 12.8. The van der Waals surface area contributed by atoms with Gasteiger partial charge in [-0.1, -0.05) is 39.0 Å². The molecule has 1 amide bonds. The van der Waals surface area contributed by atoms with Crippen molar-refractivity contribution in [2.45, 2.75) is 64.5 Å². The zero-order valence-electron chi connectivity index (χ0n) is 12.8. The summed E-state index contributed by atoms with van der Waals surface area (Å²) in [7, 11) is 0. The Labute approximate surface area is 125 Å². The number of nitrogens with two attached hydrogens (primary N) is 1. The molecule has 6 heteroatoms. The third kappa shape index (κ3) is 5.49. The van der Waals surface area contributed by atoms with Gasteiger partial charge in [-0.25, -0.2) is 0 Å². The summed E-state index contributed by atoms with van der Waals surface area (Å²) in [5, 5.41) is 0. The van der Waals surface area contributed by atoms with Gasteiger partial charge in [0.25, 0.3) is 0 Å². The van der Waals surface area contributed by atoms with Crippen molar-refractivity contribution in [3.63, 3.8) is 0 Å². The van der Waals surface area contributed by atoms with Crippen LogP contribution >= 0.6 is 0 Å². The molecule has 1 rings (SSSR count). The molecule has 124 valence electrons. The molecule has 1 aliphatic carbocycles. The number of nitrogens with zero attached hydrogens (tertiary/aromatic N) is 1. The van der Waals surface area contributed by atoms with E-state index in [4.69, 9.17) is 5.73 Å². The maximum atomic E-state index is 12.7. The summed E-state index contributed by atoms with van der Waals surface area (Å²) in [5.41, 5.74) is 5.03. The topological polar surface area (TPSA) is 46.3 Å². The fourth-order valence-electron chi connectivity index (χ4n) is 3.06. The van der Waals surface area contributed by atoms with Gasteiger partial charge in [-0.2, -0.15) is 13.2 Å². The van der Waals surface area contributed by atoms with E-state index < -0.39 is 24.0 Å². The van der Waals surface area contributed by atoms with Crippen molar-refractivity contribution in [1.29, 1.82) is 0 Å². The first-order chi connectivity index (χ1) is 9.84. The van der Waals surface area contributed by atoms with Crippen molar-refractivity contribution in [1.82, 2.24) is 4.90 Å². The van der Waals surface area contributed by atoms with Gasteiger partial charge in [-0.15, -0.1) is 0 Å². The normalized spacial score (nSPS) is 19.1. The first kappa shape index (κ1) is 18.3. The van der Waals surface area contributed by atoms with Crippen LogP contribution in [0, 0.1) is 5.41 Å². The van der Waals surface area contributed by atoms with E-state index in [1.807, 2.05) is 6.92 Å². The summed E-state index contributed by atoms with van der Waals surface area (Å²) in [5.74, 6) is -0.391. The largest absolute Gasteiger partial charge is 0.406 e. The minimum absolute atomic E-state index is 0.145. The summed E-state index contributed by atoms with van der Waals surface area (Å²) >= 11 is 0. The van der Waals surface area contributed by atoms with Crippen LogP contribution in [-0.4, -0.2) is 36.6 Å². The van der Waals surface area contributed by atoms with E-state index >= 15 is 0 Å². The highest BCUT2D eigenvalue weighted by Crippen LogP contribution is 2.36. The van der Waals surface area contributed by atoms with E-state index in [-0.39, 0.29) is 13.1 Å². The molecule has 0 aromatic rings. The molecule has 0 atom stereocenters. The molecular formula is C15H27F3N2O. The van der Waals surface area contributed by atoms with Crippen molar-refractivity contribution in [3.05, 3.63) is 0 Å². The Kier molecular flexibility index (Phi) is 6.97. The van der Waals surface area contributed by atoms with Crippen molar-refractivity contribution in [2.75, 3.05) is 19.6 Å². The van der Waals surface area contributed by atoms with Gasteiger partial charge in [0.1, 0.15) is 6.54 Å². The van der Waals surface area contributed by atoms with E-state index in [1.54, 1.807) is 0 Å². The fourth-order valence-corrected chi connectivity index (χ4v) is 3.06. The molecule has 0 aromatic carbocycles. The number of hydrogen-bond donors (Lipinski definition) is 1. The van der Waals surface area contributed by atoms with Crippen molar-refractivity contribution in [3.8, 4) is 0 Å². The number of hydrogen-bond acceptors (Lipinski definition) is 2.